The molecule has 0 spiro atoms. The zero-order chi connectivity index (χ0) is 13.3. The van der Waals surface area contributed by atoms with Crippen LogP contribution in [0, 0.1) is 5.41 Å². The van der Waals surface area contributed by atoms with Crippen molar-refractivity contribution in [1.29, 1.82) is 0 Å². The summed E-state index contributed by atoms with van der Waals surface area (Å²) in [5.41, 5.74) is -1.11. The maximum Gasteiger partial charge on any atom is 0.323 e. The molecule has 0 amide bonds. The number of carbonyl (C=O) groups excluding carboxylic acids is 2. The monoisotopic (exact) mass is 244 g/mol. The van der Waals surface area contributed by atoms with Gasteiger partial charge in [0.1, 0.15) is 0 Å². The molecular formula is C13H24O4. The molecule has 0 aliphatic carbocycles. The van der Waals surface area contributed by atoms with Gasteiger partial charge in [-0.25, -0.2) is 0 Å². The van der Waals surface area contributed by atoms with Gasteiger partial charge in [0.15, 0.2) is 5.41 Å². The summed E-state index contributed by atoms with van der Waals surface area (Å²) in [6, 6.07) is 0. The highest BCUT2D eigenvalue weighted by atomic mass is 16.5. The number of hydrogen-bond donors (Lipinski definition) is 0. The first-order valence-corrected chi connectivity index (χ1v) is 6.25. The van der Waals surface area contributed by atoms with Crippen LogP contribution < -0.4 is 0 Å². The summed E-state index contributed by atoms with van der Waals surface area (Å²) in [5, 5.41) is 0. The lowest BCUT2D eigenvalue weighted by molar-refractivity contribution is -0.170. The number of rotatable bonds is 8. The molecule has 0 saturated carbocycles. The van der Waals surface area contributed by atoms with Crippen LogP contribution in [0.5, 0.6) is 0 Å². The predicted octanol–water partition coefficient (Wildman–Crippen LogP) is 2.70. The minimum Gasteiger partial charge on any atom is -0.468 e. The fourth-order valence-corrected chi connectivity index (χ4v) is 2.00. The Morgan fingerprint density at radius 1 is 0.941 bits per heavy atom. The molecule has 0 atom stereocenters. The fourth-order valence-electron chi connectivity index (χ4n) is 2.00. The van der Waals surface area contributed by atoms with Gasteiger partial charge in [0, 0.05) is 0 Å². The summed E-state index contributed by atoms with van der Waals surface area (Å²) in [5.74, 6) is -0.966. The first-order valence-electron chi connectivity index (χ1n) is 6.25. The Hall–Kier alpha value is -1.06. The van der Waals surface area contributed by atoms with Crippen molar-refractivity contribution in [2.24, 2.45) is 5.41 Å². The van der Waals surface area contributed by atoms with E-state index in [9.17, 15) is 9.59 Å². The Morgan fingerprint density at radius 2 is 1.47 bits per heavy atom. The van der Waals surface area contributed by atoms with E-state index in [1.807, 2.05) is 6.92 Å². The standard InChI is InChI=1S/C13H24O4/c1-5-7-8-9-10-13(6-2,11(14)16-3)12(15)17-4/h5-10H2,1-4H3. The first-order chi connectivity index (χ1) is 8.08. The second kappa shape index (κ2) is 8.09. The molecule has 0 aromatic rings. The maximum atomic E-state index is 11.8. The topological polar surface area (TPSA) is 52.6 Å². The van der Waals surface area contributed by atoms with Crippen LogP contribution in [0.25, 0.3) is 0 Å². The van der Waals surface area contributed by atoms with Gasteiger partial charge in [-0.15, -0.1) is 0 Å². The summed E-state index contributed by atoms with van der Waals surface area (Å²) in [6.45, 7) is 3.93. The summed E-state index contributed by atoms with van der Waals surface area (Å²) in [7, 11) is 2.61. The summed E-state index contributed by atoms with van der Waals surface area (Å²) >= 11 is 0. The average Bonchev–Trinajstić information content (AvgIpc) is 2.37. The molecule has 0 N–H and O–H groups in total. The highest BCUT2D eigenvalue weighted by molar-refractivity contribution is 5.99. The average molecular weight is 244 g/mol. The summed E-state index contributed by atoms with van der Waals surface area (Å²) < 4.78 is 9.49. The molecule has 0 radical (unpaired) electrons. The van der Waals surface area contributed by atoms with Crippen molar-refractivity contribution in [2.75, 3.05) is 14.2 Å². The molecule has 0 aromatic heterocycles. The van der Waals surface area contributed by atoms with Gasteiger partial charge in [-0.2, -0.15) is 0 Å². The second-order valence-corrected chi connectivity index (χ2v) is 4.23. The van der Waals surface area contributed by atoms with Gasteiger partial charge in [0.2, 0.25) is 0 Å². The van der Waals surface area contributed by atoms with Crippen molar-refractivity contribution >= 4 is 11.9 Å². The van der Waals surface area contributed by atoms with Crippen LogP contribution in [0.15, 0.2) is 0 Å². The van der Waals surface area contributed by atoms with Gasteiger partial charge < -0.3 is 9.47 Å². The molecule has 0 saturated heterocycles. The van der Waals surface area contributed by atoms with Crippen LogP contribution in [-0.4, -0.2) is 26.2 Å². The van der Waals surface area contributed by atoms with E-state index in [1.54, 1.807) is 0 Å². The molecule has 0 unspecified atom stereocenters. The number of unbranched alkanes of at least 4 members (excludes halogenated alkanes) is 3. The number of esters is 2. The molecule has 0 bridgehead atoms. The van der Waals surface area contributed by atoms with Gasteiger partial charge in [-0.1, -0.05) is 39.5 Å². The molecule has 0 aromatic carbocycles. The maximum absolute atomic E-state index is 11.8. The predicted molar refractivity (Wildman–Crippen MR) is 65.5 cm³/mol. The van der Waals surface area contributed by atoms with E-state index in [2.05, 4.69) is 6.92 Å². The Bertz CT molecular complexity index is 232. The van der Waals surface area contributed by atoms with Crippen molar-refractivity contribution in [3.8, 4) is 0 Å². The molecule has 0 fully saturated rings. The number of ether oxygens (including phenoxy) is 2. The Labute approximate surface area is 104 Å². The molecule has 4 nitrogen and oxygen atoms in total. The quantitative estimate of drug-likeness (QED) is 0.374. The van der Waals surface area contributed by atoms with Crippen LogP contribution in [0.3, 0.4) is 0 Å². The normalized spacial score (nSPS) is 11.1. The van der Waals surface area contributed by atoms with Gasteiger partial charge >= 0.3 is 11.9 Å². The minimum atomic E-state index is -1.11. The lowest BCUT2D eigenvalue weighted by Gasteiger charge is -2.26. The van der Waals surface area contributed by atoms with E-state index in [-0.39, 0.29) is 0 Å². The highest BCUT2D eigenvalue weighted by Crippen LogP contribution is 2.32. The van der Waals surface area contributed by atoms with Crippen LogP contribution in [0.2, 0.25) is 0 Å². The van der Waals surface area contributed by atoms with E-state index in [0.29, 0.717) is 12.8 Å². The van der Waals surface area contributed by atoms with E-state index in [1.165, 1.54) is 14.2 Å². The largest absolute Gasteiger partial charge is 0.468 e. The highest BCUT2D eigenvalue weighted by Gasteiger charge is 2.46. The van der Waals surface area contributed by atoms with E-state index in [4.69, 9.17) is 9.47 Å². The SMILES string of the molecule is CCCCCCC(CC)(C(=O)OC)C(=O)OC. The lowest BCUT2D eigenvalue weighted by Crippen LogP contribution is -2.40. The van der Waals surface area contributed by atoms with Crippen molar-refractivity contribution in [1.82, 2.24) is 0 Å². The number of carbonyl (C=O) groups is 2. The molecule has 100 valence electrons. The number of hydrogen-bond acceptors (Lipinski definition) is 4. The van der Waals surface area contributed by atoms with Crippen molar-refractivity contribution in [3.63, 3.8) is 0 Å². The van der Waals surface area contributed by atoms with Gasteiger partial charge in [-0.3, -0.25) is 9.59 Å². The molecule has 17 heavy (non-hydrogen) atoms. The van der Waals surface area contributed by atoms with Crippen molar-refractivity contribution < 1.29 is 19.1 Å². The fraction of sp³-hybridized carbons (Fsp3) is 0.846. The van der Waals surface area contributed by atoms with Crippen LogP contribution >= 0.6 is 0 Å². The zero-order valence-corrected chi connectivity index (χ0v) is 11.4. The van der Waals surface area contributed by atoms with Gasteiger partial charge in [0.25, 0.3) is 0 Å². The molecule has 0 heterocycles. The van der Waals surface area contributed by atoms with Crippen LogP contribution in [0.4, 0.5) is 0 Å². The molecule has 4 heteroatoms. The van der Waals surface area contributed by atoms with Gasteiger partial charge in [-0.05, 0) is 12.8 Å². The third-order valence-corrected chi connectivity index (χ3v) is 3.21. The van der Waals surface area contributed by atoms with Gasteiger partial charge in [0.05, 0.1) is 14.2 Å². The van der Waals surface area contributed by atoms with Crippen molar-refractivity contribution in [3.05, 3.63) is 0 Å². The minimum absolute atomic E-state index is 0.415. The van der Waals surface area contributed by atoms with Crippen LogP contribution in [0.1, 0.15) is 52.4 Å². The summed E-state index contributed by atoms with van der Waals surface area (Å²) in [6.07, 6.45) is 5.01. The molecule has 0 aliphatic heterocycles. The smallest absolute Gasteiger partial charge is 0.323 e. The van der Waals surface area contributed by atoms with Crippen molar-refractivity contribution in [2.45, 2.75) is 52.4 Å². The molecular weight excluding hydrogens is 220 g/mol. The third kappa shape index (κ3) is 4.02. The van der Waals surface area contributed by atoms with Crippen LogP contribution in [-0.2, 0) is 19.1 Å². The Morgan fingerprint density at radius 3 is 1.82 bits per heavy atom. The van der Waals surface area contributed by atoms with E-state index >= 15 is 0 Å². The third-order valence-electron chi connectivity index (χ3n) is 3.21. The number of methoxy groups -OCH3 is 2. The molecule has 0 rings (SSSR count). The van der Waals surface area contributed by atoms with E-state index in [0.717, 1.165) is 25.7 Å². The zero-order valence-electron chi connectivity index (χ0n) is 11.4. The Kier molecular flexibility index (Phi) is 7.59. The first kappa shape index (κ1) is 15.9. The summed E-state index contributed by atoms with van der Waals surface area (Å²) in [4.78, 5) is 23.6. The molecule has 0 aliphatic rings. The van der Waals surface area contributed by atoms with E-state index < -0.39 is 17.4 Å². The Balaban J connectivity index is 4.69. The second-order valence-electron chi connectivity index (χ2n) is 4.23. The lowest BCUT2D eigenvalue weighted by atomic mass is 9.80.